The predicted molar refractivity (Wildman–Crippen MR) is 111 cm³/mol. The van der Waals surface area contributed by atoms with E-state index in [2.05, 4.69) is 10.0 Å². The van der Waals surface area contributed by atoms with Crippen LogP contribution in [0.25, 0.3) is 0 Å². The summed E-state index contributed by atoms with van der Waals surface area (Å²) in [5.74, 6) is -0.0540. The van der Waals surface area contributed by atoms with Crippen LogP contribution in [-0.2, 0) is 24.3 Å². The molecule has 0 aliphatic carbocycles. The van der Waals surface area contributed by atoms with Crippen LogP contribution in [0.4, 0.5) is 0 Å². The van der Waals surface area contributed by atoms with E-state index < -0.39 is 16.1 Å². The molecule has 2 aliphatic rings. The van der Waals surface area contributed by atoms with Crippen LogP contribution in [0.15, 0.2) is 29.2 Å². The molecule has 9 heteroatoms. The first kappa shape index (κ1) is 23.1. The van der Waals surface area contributed by atoms with E-state index >= 15 is 0 Å². The van der Waals surface area contributed by atoms with Crippen molar-refractivity contribution in [2.75, 3.05) is 26.4 Å². The lowest BCUT2D eigenvalue weighted by atomic mass is 9.94. The third-order valence-electron chi connectivity index (χ3n) is 5.81. The number of rotatable bonds is 8. The van der Waals surface area contributed by atoms with Gasteiger partial charge in [0, 0.05) is 25.7 Å². The Hall–Kier alpha value is -1.52. The Bertz CT molecular complexity index is 792. The number of benzene rings is 1. The maximum absolute atomic E-state index is 12.5. The number of aliphatic hydroxyl groups excluding tert-OH is 1. The average molecular weight is 441 g/mol. The zero-order chi connectivity index (χ0) is 21.6. The molecule has 0 radical (unpaired) electrons. The van der Waals surface area contributed by atoms with Gasteiger partial charge in [0.15, 0.2) is 0 Å². The Balaban J connectivity index is 1.45. The number of sulfonamides is 1. The molecule has 0 aromatic heterocycles. The van der Waals surface area contributed by atoms with Crippen LogP contribution in [-0.4, -0.2) is 64.0 Å². The number of aryl methyl sites for hydroxylation is 1. The van der Waals surface area contributed by atoms with Gasteiger partial charge in [-0.3, -0.25) is 4.79 Å². The Morgan fingerprint density at radius 3 is 2.50 bits per heavy atom. The van der Waals surface area contributed by atoms with Crippen LogP contribution in [0.2, 0.25) is 0 Å². The van der Waals surface area contributed by atoms with Crippen LogP contribution in [0.5, 0.6) is 0 Å². The van der Waals surface area contributed by atoms with Crippen LogP contribution in [0.1, 0.15) is 37.7 Å². The van der Waals surface area contributed by atoms with Gasteiger partial charge in [-0.1, -0.05) is 17.7 Å². The van der Waals surface area contributed by atoms with Gasteiger partial charge >= 0.3 is 0 Å². The Kier molecular flexibility index (Phi) is 8.24. The summed E-state index contributed by atoms with van der Waals surface area (Å²) < 4.78 is 38.6. The highest BCUT2D eigenvalue weighted by atomic mass is 32.2. The maximum Gasteiger partial charge on any atom is 0.240 e. The second-order valence-electron chi connectivity index (χ2n) is 8.06. The summed E-state index contributed by atoms with van der Waals surface area (Å²) in [6.45, 7) is 3.16. The number of aliphatic hydroxyl groups is 1. The first-order valence-corrected chi connectivity index (χ1v) is 12.1. The van der Waals surface area contributed by atoms with Crippen molar-refractivity contribution in [1.29, 1.82) is 0 Å². The van der Waals surface area contributed by atoms with Crippen molar-refractivity contribution in [2.45, 2.75) is 62.2 Å². The van der Waals surface area contributed by atoms with Crippen molar-refractivity contribution in [3.63, 3.8) is 0 Å². The number of ether oxygens (including phenoxy) is 2. The SMILES string of the molecule is Cc1ccc(S(=O)(=O)NCC[C@@H]2CC[C@@H](NC(=O)C3CCOCC3)[C@@H](CO)O2)cc1. The summed E-state index contributed by atoms with van der Waals surface area (Å²) in [5.41, 5.74) is 0.998. The van der Waals surface area contributed by atoms with Gasteiger partial charge in [0.2, 0.25) is 15.9 Å². The van der Waals surface area contributed by atoms with Gasteiger partial charge in [0.05, 0.1) is 23.6 Å². The number of amides is 1. The molecule has 1 amide bonds. The Labute approximate surface area is 178 Å². The van der Waals surface area contributed by atoms with Gasteiger partial charge in [0.1, 0.15) is 6.10 Å². The molecule has 2 saturated heterocycles. The second-order valence-corrected chi connectivity index (χ2v) is 9.82. The molecular weight excluding hydrogens is 408 g/mol. The number of carbonyl (C=O) groups is 1. The molecule has 0 spiro atoms. The van der Waals surface area contributed by atoms with Crippen molar-refractivity contribution in [1.82, 2.24) is 10.0 Å². The highest BCUT2D eigenvalue weighted by molar-refractivity contribution is 7.89. The van der Waals surface area contributed by atoms with Crippen LogP contribution >= 0.6 is 0 Å². The highest BCUT2D eigenvalue weighted by Crippen LogP contribution is 2.23. The fourth-order valence-electron chi connectivity index (χ4n) is 3.92. The van der Waals surface area contributed by atoms with Crippen molar-refractivity contribution < 1.29 is 27.8 Å². The maximum atomic E-state index is 12.5. The summed E-state index contributed by atoms with van der Waals surface area (Å²) in [4.78, 5) is 12.7. The van der Waals surface area contributed by atoms with Gasteiger partial charge in [-0.05, 0) is 51.2 Å². The summed E-state index contributed by atoms with van der Waals surface area (Å²) >= 11 is 0. The number of nitrogens with one attached hydrogen (secondary N) is 2. The molecule has 30 heavy (non-hydrogen) atoms. The quantitative estimate of drug-likeness (QED) is 0.558. The summed E-state index contributed by atoms with van der Waals surface area (Å²) in [6.07, 6.45) is 2.67. The van der Waals surface area contributed by atoms with E-state index in [1.165, 1.54) is 0 Å². The van der Waals surface area contributed by atoms with E-state index in [4.69, 9.17) is 9.47 Å². The van der Waals surface area contributed by atoms with Crippen molar-refractivity contribution in [2.24, 2.45) is 5.92 Å². The number of carbonyl (C=O) groups excluding carboxylic acids is 1. The minimum absolute atomic E-state index is 0.00495. The van der Waals surface area contributed by atoms with E-state index in [9.17, 15) is 18.3 Å². The molecule has 0 saturated carbocycles. The Morgan fingerprint density at radius 1 is 1.13 bits per heavy atom. The van der Waals surface area contributed by atoms with Crippen molar-refractivity contribution in [3.8, 4) is 0 Å². The van der Waals surface area contributed by atoms with E-state index in [0.717, 1.165) is 5.56 Å². The summed E-state index contributed by atoms with van der Waals surface area (Å²) in [7, 11) is -3.56. The predicted octanol–water partition coefficient (Wildman–Crippen LogP) is 1.11. The van der Waals surface area contributed by atoms with Gasteiger partial charge in [-0.15, -0.1) is 0 Å². The molecule has 3 atom stereocenters. The molecule has 2 heterocycles. The van der Waals surface area contributed by atoms with Crippen molar-refractivity contribution in [3.05, 3.63) is 29.8 Å². The standard InChI is InChI=1S/C21H32N2O6S/c1-15-2-5-18(6-3-15)30(26,27)22-11-8-17-4-7-19(20(14-24)29-17)23-21(25)16-9-12-28-13-10-16/h2-3,5-6,16-17,19-20,22,24H,4,7-14H2,1H3,(H,23,25)/t17-,19+,20+/m0/s1. The molecule has 0 bridgehead atoms. The number of hydrogen-bond donors (Lipinski definition) is 3. The lowest BCUT2D eigenvalue weighted by Gasteiger charge is -2.37. The second kappa shape index (κ2) is 10.7. The van der Waals surface area contributed by atoms with Crippen molar-refractivity contribution >= 4 is 15.9 Å². The third kappa shape index (κ3) is 6.24. The zero-order valence-corrected chi connectivity index (χ0v) is 18.2. The Morgan fingerprint density at radius 2 is 1.83 bits per heavy atom. The zero-order valence-electron chi connectivity index (χ0n) is 17.4. The average Bonchev–Trinajstić information content (AvgIpc) is 2.75. The minimum atomic E-state index is -3.56. The van der Waals surface area contributed by atoms with E-state index in [-0.39, 0.29) is 42.0 Å². The summed E-state index contributed by atoms with van der Waals surface area (Å²) in [5, 5.41) is 12.7. The lowest BCUT2D eigenvalue weighted by molar-refractivity contribution is -0.134. The normalized spacial score (nSPS) is 25.7. The third-order valence-corrected chi connectivity index (χ3v) is 7.28. The molecular formula is C21H32N2O6S. The molecule has 3 rings (SSSR count). The topological polar surface area (TPSA) is 114 Å². The monoisotopic (exact) mass is 440 g/mol. The lowest BCUT2D eigenvalue weighted by Crippen LogP contribution is -2.52. The number of hydrogen-bond acceptors (Lipinski definition) is 6. The molecule has 3 N–H and O–H groups in total. The molecule has 0 unspecified atom stereocenters. The molecule has 1 aromatic carbocycles. The van der Waals surface area contributed by atoms with Gasteiger partial charge < -0.3 is 19.9 Å². The van der Waals surface area contributed by atoms with E-state index in [0.29, 0.717) is 45.3 Å². The first-order chi connectivity index (χ1) is 14.4. The summed E-state index contributed by atoms with van der Waals surface area (Å²) in [6, 6.07) is 6.47. The van der Waals surface area contributed by atoms with Crippen LogP contribution in [0, 0.1) is 12.8 Å². The van der Waals surface area contributed by atoms with Gasteiger partial charge in [0.25, 0.3) is 0 Å². The van der Waals surface area contributed by atoms with E-state index in [1.807, 2.05) is 6.92 Å². The van der Waals surface area contributed by atoms with Crippen LogP contribution in [0.3, 0.4) is 0 Å². The molecule has 2 aliphatic heterocycles. The van der Waals surface area contributed by atoms with Gasteiger partial charge in [-0.2, -0.15) is 0 Å². The fraction of sp³-hybridized carbons (Fsp3) is 0.667. The largest absolute Gasteiger partial charge is 0.394 e. The highest BCUT2D eigenvalue weighted by Gasteiger charge is 2.33. The first-order valence-electron chi connectivity index (χ1n) is 10.6. The molecule has 168 valence electrons. The van der Waals surface area contributed by atoms with E-state index in [1.54, 1.807) is 24.3 Å². The van der Waals surface area contributed by atoms with Gasteiger partial charge in [-0.25, -0.2) is 13.1 Å². The molecule has 8 nitrogen and oxygen atoms in total. The smallest absolute Gasteiger partial charge is 0.240 e. The fourth-order valence-corrected chi connectivity index (χ4v) is 4.97. The minimum Gasteiger partial charge on any atom is -0.394 e. The molecule has 1 aromatic rings. The van der Waals surface area contributed by atoms with Crippen LogP contribution < -0.4 is 10.0 Å². The molecule has 2 fully saturated rings.